The molecule has 128 valence electrons. The van der Waals surface area contributed by atoms with Crippen molar-refractivity contribution < 1.29 is 10.2 Å². The van der Waals surface area contributed by atoms with E-state index in [9.17, 15) is 10.2 Å². The standard InChI is InChI=1S/C18H29N3O2/c1-14-12-21(10-7-19-14)18(15-3-2-4-17(23)11-15)13-20-8-5-16(22)6-9-20/h2-4,11,14,16,18-19,22-23H,5-10,12-13H2,1H3. The van der Waals surface area contributed by atoms with Crippen molar-refractivity contribution in [2.24, 2.45) is 0 Å². The van der Waals surface area contributed by atoms with Gasteiger partial charge in [-0.3, -0.25) is 4.90 Å². The molecule has 5 heteroatoms. The Labute approximate surface area is 138 Å². The van der Waals surface area contributed by atoms with Crippen molar-refractivity contribution in [1.82, 2.24) is 15.1 Å². The summed E-state index contributed by atoms with van der Waals surface area (Å²) in [4.78, 5) is 4.98. The van der Waals surface area contributed by atoms with Crippen LogP contribution < -0.4 is 5.32 Å². The number of piperidine rings is 1. The van der Waals surface area contributed by atoms with Crippen molar-refractivity contribution in [3.63, 3.8) is 0 Å². The number of aliphatic hydroxyl groups is 1. The van der Waals surface area contributed by atoms with Crippen LogP contribution in [0.5, 0.6) is 5.75 Å². The average Bonchev–Trinajstić information content (AvgIpc) is 2.54. The van der Waals surface area contributed by atoms with Crippen LogP contribution in [0.2, 0.25) is 0 Å². The number of hydrogen-bond acceptors (Lipinski definition) is 5. The Morgan fingerprint density at radius 3 is 2.74 bits per heavy atom. The lowest BCUT2D eigenvalue weighted by molar-refractivity contribution is 0.0552. The number of phenolic OH excluding ortho intramolecular Hbond substituents is 1. The number of nitrogens with one attached hydrogen (secondary N) is 1. The average molecular weight is 319 g/mol. The number of benzene rings is 1. The van der Waals surface area contributed by atoms with Gasteiger partial charge in [-0.25, -0.2) is 0 Å². The number of rotatable bonds is 4. The van der Waals surface area contributed by atoms with Crippen molar-refractivity contribution in [2.45, 2.75) is 38.0 Å². The largest absolute Gasteiger partial charge is 0.508 e. The third-order valence-electron chi connectivity index (χ3n) is 5.08. The summed E-state index contributed by atoms with van der Waals surface area (Å²) in [7, 11) is 0. The monoisotopic (exact) mass is 319 g/mol. The predicted molar refractivity (Wildman–Crippen MR) is 91.6 cm³/mol. The lowest BCUT2D eigenvalue weighted by atomic mass is 10.0. The number of hydrogen-bond donors (Lipinski definition) is 3. The molecule has 2 fully saturated rings. The van der Waals surface area contributed by atoms with Crippen LogP contribution in [0.15, 0.2) is 24.3 Å². The molecular weight excluding hydrogens is 290 g/mol. The smallest absolute Gasteiger partial charge is 0.115 e. The highest BCUT2D eigenvalue weighted by Crippen LogP contribution is 2.27. The molecule has 2 unspecified atom stereocenters. The van der Waals surface area contributed by atoms with Gasteiger partial charge in [0.05, 0.1) is 6.10 Å². The quantitative estimate of drug-likeness (QED) is 0.778. The van der Waals surface area contributed by atoms with Crippen molar-refractivity contribution in [3.05, 3.63) is 29.8 Å². The van der Waals surface area contributed by atoms with E-state index < -0.39 is 0 Å². The van der Waals surface area contributed by atoms with Crippen molar-refractivity contribution in [1.29, 1.82) is 0 Å². The maximum atomic E-state index is 9.88. The van der Waals surface area contributed by atoms with Gasteiger partial charge in [0.15, 0.2) is 0 Å². The van der Waals surface area contributed by atoms with Crippen molar-refractivity contribution in [3.8, 4) is 5.75 Å². The first-order valence-corrected chi connectivity index (χ1v) is 8.78. The van der Waals surface area contributed by atoms with Crippen LogP contribution in [-0.2, 0) is 0 Å². The van der Waals surface area contributed by atoms with E-state index in [0.717, 1.165) is 52.1 Å². The molecule has 0 radical (unpaired) electrons. The molecule has 3 N–H and O–H groups in total. The summed E-state index contributed by atoms with van der Waals surface area (Å²) in [6.45, 7) is 8.16. The molecule has 2 heterocycles. The molecule has 3 rings (SSSR count). The maximum absolute atomic E-state index is 9.88. The lowest BCUT2D eigenvalue weighted by Crippen LogP contribution is -2.52. The molecule has 0 aromatic heterocycles. The summed E-state index contributed by atoms with van der Waals surface area (Å²) in [5.41, 5.74) is 1.19. The first kappa shape index (κ1) is 16.7. The summed E-state index contributed by atoms with van der Waals surface area (Å²) in [5, 5.41) is 23.1. The molecule has 0 spiro atoms. The number of aliphatic hydroxyl groups excluding tert-OH is 1. The highest BCUT2D eigenvalue weighted by atomic mass is 16.3. The van der Waals surface area contributed by atoms with E-state index in [-0.39, 0.29) is 6.10 Å². The van der Waals surface area contributed by atoms with Gasteiger partial charge in [0.25, 0.3) is 0 Å². The summed E-state index contributed by atoms with van der Waals surface area (Å²) >= 11 is 0. The van der Waals surface area contributed by atoms with Gasteiger partial charge in [-0.1, -0.05) is 12.1 Å². The Morgan fingerprint density at radius 2 is 2.04 bits per heavy atom. The number of likely N-dealkylation sites (tertiary alicyclic amines) is 1. The second kappa shape index (κ2) is 7.62. The highest BCUT2D eigenvalue weighted by Gasteiger charge is 2.28. The first-order chi connectivity index (χ1) is 11.1. The van der Waals surface area contributed by atoms with E-state index in [4.69, 9.17) is 0 Å². The van der Waals surface area contributed by atoms with Crippen LogP contribution in [0.4, 0.5) is 0 Å². The zero-order valence-electron chi connectivity index (χ0n) is 14.0. The normalized spacial score (nSPS) is 26.3. The summed E-state index contributed by atoms with van der Waals surface area (Å²) in [5.74, 6) is 0.338. The molecule has 2 atom stereocenters. The molecule has 0 saturated carbocycles. The fraction of sp³-hybridized carbons (Fsp3) is 0.667. The zero-order chi connectivity index (χ0) is 16.2. The fourth-order valence-corrected chi connectivity index (χ4v) is 3.76. The van der Waals surface area contributed by atoms with Crippen LogP contribution in [0.25, 0.3) is 0 Å². The van der Waals surface area contributed by atoms with Crippen LogP contribution in [0.1, 0.15) is 31.4 Å². The minimum Gasteiger partial charge on any atom is -0.508 e. The van der Waals surface area contributed by atoms with Gasteiger partial charge < -0.3 is 20.4 Å². The van der Waals surface area contributed by atoms with Crippen LogP contribution >= 0.6 is 0 Å². The minimum absolute atomic E-state index is 0.135. The third-order valence-corrected chi connectivity index (χ3v) is 5.08. The Hall–Kier alpha value is -1.14. The molecule has 0 aliphatic carbocycles. The van der Waals surface area contributed by atoms with Gasteiger partial charge in [-0.15, -0.1) is 0 Å². The fourth-order valence-electron chi connectivity index (χ4n) is 3.76. The molecule has 0 amide bonds. The van der Waals surface area contributed by atoms with Gasteiger partial charge in [0.2, 0.25) is 0 Å². The zero-order valence-corrected chi connectivity index (χ0v) is 14.0. The maximum Gasteiger partial charge on any atom is 0.115 e. The summed E-state index contributed by atoms with van der Waals surface area (Å²) in [6, 6.07) is 8.47. The molecule has 1 aromatic carbocycles. The molecule has 2 aliphatic rings. The Morgan fingerprint density at radius 1 is 1.26 bits per heavy atom. The van der Waals surface area contributed by atoms with E-state index >= 15 is 0 Å². The van der Waals surface area contributed by atoms with Gasteiger partial charge in [0, 0.05) is 51.4 Å². The Balaban J connectivity index is 1.75. The SMILES string of the molecule is CC1CN(C(CN2CCC(O)CC2)c2cccc(O)c2)CCN1. The summed E-state index contributed by atoms with van der Waals surface area (Å²) < 4.78 is 0. The first-order valence-electron chi connectivity index (χ1n) is 8.78. The summed E-state index contributed by atoms with van der Waals surface area (Å²) in [6.07, 6.45) is 1.60. The van der Waals surface area contributed by atoms with Crippen LogP contribution in [0, 0.1) is 0 Å². The minimum atomic E-state index is -0.135. The number of nitrogens with zero attached hydrogens (tertiary/aromatic N) is 2. The Kier molecular flexibility index (Phi) is 5.54. The van der Waals surface area contributed by atoms with E-state index in [0.29, 0.717) is 17.8 Å². The molecule has 2 saturated heterocycles. The molecular formula is C18H29N3O2. The van der Waals surface area contributed by atoms with Crippen molar-refractivity contribution in [2.75, 3.05) is 39.3 Å². The molecule has 2 aliphatic heterocycles. The van der Waals surface area contributed by atoms with E-state index in [1.807, 2.05) is 12.1 Å². The predicted octanol–water partition coefficient (Wildman–Crippen LogP) is 1.18. The molecule has 0 bridgehead atoms. The Bertz CT molecular complexity index is 503. The van der Waals surface area contributed by atoms with E-state index in [1.165, 1.54) is 5.56 Å². The highest BCUT2D eigenvalue weighted by molar-refractivity contribution is 5.30. The second-order valence-electron chi connectivity index (χ2n) is 6.99. The molecule has 1 aromatic rings. The lowest BCUT2D eigenvalue weighted by Gasteiger charge is -2.41. The van der Waals surface area contributed by atoms with Crippen molar-refractivity contribution >= 4 is 0 Å². The topological polar surface area (TPSA) is 59.0 Å². The third kappa shape index (κ3) is 4.44. The number of phenols is 1. The number of aromatic hydroxyl groups is 1. The van der Waals surface area contributed by atoms with E-state index in [1.54, 1.807) is 6.07 Å². The van der Waals surface area contributed by atoms with Gasteiger partial charge in [-0.2, -0.15) is 0 Å². The molecule has 5 nitrogen and oxygen atoms in total. The van der Waals surface area contributed by atoms with Crippen LogP contribution in [-0.4, -0.2) is 71.4 Å². The molecule has 23 heavy (non-hydrogen) atoms. The van der Waals surface area contributed by atoms with Gasteiger partial charge >= 0.3 is 0 Å². The van der Waals surface area contributed by atoms with Gasteiger partial charge in [0.1, 0.15) is 5.75 Å². The van der Waals surface area contributed by atoms with Gasteiger partial charge in [-0.05, 0) is 37.5 Å². The second-order valence-corrected chi connectivity index (χ2v) is 6.99. The number of piperazine rings is 1. The van der Waals surface area contributed by atoms with Crippen LogP contribution in [0.3, 0.4) is 0 Å². The van der Waals surface area contributed by atoms with E-state index in [2.05, 4.69) is 28.1 Å².